The molecule has 2 rings (SSSR count). The summed E-state index contributed by atoms with van der Waals surface area (Å²) in [5, 5.41) is 0. The van der Waals surface area contributed by atoms with E-state index >= 15 is 0 Å². The van der Waals surface area contributed by atoms with Crippen LogP contribution < -0.4 is 4.90 Å². The van der Waals surface area contributed by atoms with E-state index in [9.17, 15) is 0 Å². The molecule has 0 amide bonds. The fourth-order valence-corrected chi connectivity index (χ4v) is 4.31. The van der Waals surface area contributed by atoms with Crippen LogP contribution in [-0.4, -0.2) is 25.6 Å². The smallest absolute Gasteiger partial charge is 0.0927 e. The van der Waals surface area contributed by atoms with Gasteiger partial charge in [0, 0.05) is 11.8 Å². The third-order valence-electron chi connectivity index (χ3n) is 4.98. The van der Waals surface area contributed by atoms with Crippen LogP contribution in [0.5, 0.6) is 0 Å². The molecule has 0 aromatic carbocycles. The number of nitrogens with one attached hydrogen (secondary N) is 1. The summed E-state index contributed by atoms with van der Waals surface area (Å²) in [5.41, 5.74) is 0. The van der Waals surface area contributed by atoms with Gasteiger partial charge in [-0.15, -0.1) is 0 Å². The first kappa shape index (κ1) is 15.0. The molecule has 0 saturated heterocycles. The predicted octanol–water partition coefficient (Wildman–Crippen LogP) is 2.48. The molecule has 0 aliphatic heterocycles. The second-order valence-corrected chi connectivity index (χ2v) is 6.40. The average Bonchev–Trinajstić information content (AvgIpc) is 2.31. The minimum atomic E-state index is 0. The van der Waals surface area contributed by atoms with Gasteiger partial charge < -0.3 is 10.4 Å². The molecule has 0 spiro atoms. The van der Waals surface area contributed by atoms with Gasteiger partial charge in [-0.2, -0.15) is 0 Å². The number of quaternary nitrogens is 1. The van der Waals surface area contributed by atoms with E-state index in [1.807, 2.05) is 0 Å². The van der Waals surface area contributed by atoms with Crippen molar-refractivity contribution in [2.24, 2.45) is 11.8 Å². The van der Waals surface area contributed by atoms with Gasteiger partial charge >= 0.3 is 0 Å². The first-order chi connectivity index (χ1) is 7.79. The molecule has 0 aromatic rings. The van der Waals surface area contributed by atoms with Crippen LogP contribution in [0, 0.1) is 11.8 Å². The molecule has 17 heavy (non-hydrogen) atoms. The molecule has 0 aromatic heterocycles. The molecule has 2 aliphatic carbocycles. The highest BCUT2D eigenvalue weighted by Gasteiger charge is 2.35. The average molecular weight is 241 g/mol. The van der Waals surface area contributed by atoms with Gasteiger partial charge in [0.2, 0.25) is 0 Å². The Bertz CT molecular complexity index is 175. The Morgan fingerprint density at radius 2 is 1.06 bits per heavy atom. The van der Waals surface area contributed by atoms with Gasteiger partial charge in [0.05, 0.1) is 20.1 Å². The Balaban J connectivity index is 0.00000144. The van der Waals surface area contributed by atoms with E-state index in [-0.39, 0.29) is 5.48 Å². The Morgan fingerprint density at radius 3 is 1.35 bits per heavy atom. The summed E-state index contributed by atoms with van der Waals surface area (Å²) in [7, 11) is 4.79. The quantitative estimate of drug-likeness (QED) is 0.809. The number of rotatable bonds is 3. The van der Waals surface area contributed by atoms with Gasteiger partial charge in [-0.05, 0) is 25.7 Å². The van der Waals surface area contributed by atoms with Crippen molar-refractivity contribution in [2.45, 2.75) is 70.3 Å². The van der Waals surface area contributed by atoms with E-state index in [1.54, 1.807) is 4.90 Å². The van der Waals surface area contributed by atoms with Crippen LogP contribution in [0.15, 0.2) is 0 Å². The van der Waals surface area contributed by atoms with E-state index < -0.39 is 0 Å². The minimum absolute atomic E-state index is 0. The molecule has 0 atom stereocenters. The zero-order chi connectivity index (χ0) is 11.4. The normalized spacial score (nSPS) is 24.0. The fourth-order valence-electron chi connectivity index (χ4n) is 4.31. The summed E-state index contributed by atoms with van der Waals surface area (Å²) in [6.07, 6.45) is 15.1. The van der Waals surface area contributed by atoms with E-state index in [2.05, 4.69) is 14.1 Å². The van der Waals surface area contributed by atoms with Gasteiger partial charge in [-0.1, -0.05) is 38.5 Å². The van der Waals surface area contributed by atoms with Gasteiger partial charge in [0.1, 0.15) is 0 Å². The van der Waals surface area contributed by atoms with Crippen molar-refractivity contribution in [2.75, 3.05) is 14.1 Å². The van der Waals surface area contributed by atoms with Crippen molar-refractivity contribution < 1.29 is 10.4 Å². The Labute approximate surface area is 107 Å². The molecule has 0 radical (unpaired) electrons. The Hall–Kier alpha value is -0.0800. The highest BCUT2D eigenvalue weighted by Crippen LogP contribution is 2.34. The fraction of sp³-hybridized carbons (Fsp3) is 1.00. The minimum Gasteiger partial charge on any atom is -0.870 e. The summed E-state index contributed by atoms with van der Waals surface area (Å²) < 4.78 is 0. The molecule has 0 bridgehead atoms. The number of hydrogen-bond donors (Lipinski definition) is 1. The largest absolute Gasteiger partial charge is 0.870 e. The highest BCUT2D eigenvalue weighted by molar-refractivity contribution is 4.81. The molecule has 2 fully saturated rings. The summed E-state index contributed by atoms with van der Waals surface area (Å²) in [6, 6.07) is 0.973. The van der Waals surface area contributed by atoms with E-state index in [0.717, 1.165) is 17.9 Å². The van der Waals surface area contributed by atoms with Gasteiger partial charge in [-0.25, -0.2) is 0 Å². The van der Waals surface area contributed by atoms with Crippen molar-refractivity contribution in [1.29, 1.82) is 0 Å². The van der Waals surface area contributed by atoms with Crippen LogP contribution in [0.1, 0.15) is 64.2 Å². The lowest BCUT2D eigenvalue weighted by atomic mass is 9.73. The zero-order valence-electron chi connectivity index (χ0n) is 11.8. The van der Waals surface area contributed by atoms with Crippen LogP contribution in [0.4, 0.5) is 0 Å². The maximum Gasteiger partial charge on any atom is 0.0927 e. The predicted molar refractivity (Wildman–Crippen MR) is 71.7 cm³/mol. The molecule has 2 N–H and O–H groups in total. The number of hydrogen-bond acceptors (Lipinski definition) is 1. The maximum atomic E-state index is 2.40. The lowest BCUT2D eigenvalue weighted by molar-refractivity contribution is -0.895. The van der Waals surface area contributed by atoms with Gasteiger partial charge in [-0.3, -0.25) is 0 Å². The molecular weight excluding hydrogens is 210 g/mol. The van der Waals surface area contributed by atoms with Crippen molar-refractivity contribution in [3.8, 4) is 0 Å². The van der Waals surface area contributed by atoms with Gasteiger partial charge in [0.25, 0.3) is 0 Å². The SMILES string of the molecule is C[NH+](C)C(C1CCCCC1)C1CCCCC1.[OH-]. The third-order valence-corrected chi connectivity index (χ3v) is 4.98. The standard InChI is InChI=1S/C15H29N.H2O/c1-16(2)15(13-9-5-3-6-10-13)14-11-7-4-8-12-14;/h13-15H,3-12H2,1-2H3;1H2. The molecule has 2 aliphatic rings. The molecule has 2 nitrogen and oxygen atoms in total. The molecular formula is C15H31NO. The second kappa shape index (κ2) is 7.38. The Morgan fingerprint density at radius 1 is 0.706 bits per heavy atom. The topological polar surface area (TPSA) is 34.4 Å². The highest BCUT2D eigenvalue weighted by atomic mass is 16.0. The Kier molecular flexibility index (Phi) is 6.50. The van der Waals surface area contributed by atoms with Crippen molar-refractivity contribution in [3.63, 3.8) is 0 Å². The molecule has 2 heteroatoms. The van der Waals surface area contributed by atoms with Gasteiger partial charge in [0.15, 0.2) is 0 Å². The second-order valence-electron chi connectivity index (χ2n) is 6.40. The van der Waals surface area contributed by atoms with Crippen molar-refractivity contribution in [3.05, 3.63) is 0 Å². The van der Waals surface area contributed by atoms with E-state index in [4.69, 9.17) is 0 Å². The van der Waals surface area contributed by atoms with Crippen LogP contribution >= 0.6 is 0 Å². The summed E-state index contributed by atoms with van der Waals surface area (Å²) in [4.78, 5) is 1.74. The summed E-state index contributed by atoms with van der Waals surface area (Å²) in [6.45, 7) is 0. The van der Waals surface area contributed by atoms with Crippen LogP contribution in [0.3, 0.4) is 0 Å². The zero-order valence-corrected chi connectivity index (χ0v) is 11.8. The van der Waals surface area contributed by atoms with E-state index in [0.29, 0.717) is 0 Å². The van der Waals surface area contributed by atoms with Crippen molar-refractivity contribution in [1.82, 2.24) is 0 Å². The van der Waals surface area contributed by atoms with Crippen LogP contribution in [0.25, 0.3) is 0 Å². The third kappa shape index (κ3) is 3.96. The summed E-state index contributed by atoms with van der Waals surface area (Å²) in [5.74, 6) is 2.09. The molecule has 0 heterocycles. The lowest BCUT2D eigenvalue weighted by Gasteiger charge is -2.39. The van der Waals surface area contributed by atoms with Crippen LogP contribution in [-0.2, 0) is 0 Å². The van der Waals surface area contributed by atoms with Crippen LogP contribution in [0.2, 0.25) is 0 Å². The summed E-state index contributed by atoms with van der Waals surface area (Å²) >= 11 is 0. The lowest BCUT2D eigenvalue weighted by Crippen LogP contribution is -3.12. The molecule has 2 saturated carbocycles. The monoisotopic (exact) mass is 241 g/mol. The maximum absolute atomic E-state index is 2.40. The first-order valence-electron chi connectivity index (χ1n) is 7.59. The molecule has 102 valence electrons. The van der Waals surface area contributed by atoms with E-state index in [1.165, 1.54) is 64.2 Å². The molecule has 0 unspecified atom stereocenters. The van der Waals surface area contributed by atoms with Crippen molar-refractivity contribution >= 4 is 0 Å². The first-order valence-corrected chi connectivity index (χ1v) is 7.59.